The average molecular weight is 781 g/mol. The van der Waals surface area contributed by atoms with Crippen LogP contribution < -0.4 is 20.9 Å². The van der Waals surface area contributed by atoms with Gasteiger partial charge in [-0.1, -0.05) is 74.5 Å². The van der Waals surface area contributed by atoms with E-state index in [-0.39, 0.29) is 49.5 Å². The zero-order chi connectivity index (χ0) is 41.2. The lowest BCUT2D eigenvalue weighted by Gasteiger charge is -2.19. The predicted octanol–water partition coefficient (Wildman–Crippen LogP) is 8.29. The molecule has 18 heteroatoms. The number of carbonyl (C=O) groups excluding carboxylic acids is 2. The molecule has 2 unspecified atom stereocenters. The minimum Gasteiger partial charge on any atom is -0.357 e. The molecule has 4 aromatic rings. The van der Waals surface area contributed by atoms with E-state index in [9.17, 15) is 35.9 Å². The van der Waals surface area contributed by atoms with Crippen LogP contribution in [0.3, 0.4) is 0 Å². The smallest absolute Gasteiger partial charge is 0.357 e. The average Bonchev–Trinajstić information content (AvgIpc) is 3.16. The molecule has 2 aromatic carbocycles. The van der Waals surface area contributed by atoms with E-state index in [4.69, 9.17) is 0 Å². The highest BCUT2D eigenvalue weighted by Gasteiger charge is 2.37. The molecule has 0 saturated heterocycles. The molecule has 2 aromatic heterocycles. The fourth-order valence-electron chi connectivity index (χ4n) is 4.37. The van der Waals surface area contributed by atoms with Crippen molar-refractivity contribution in [3.8, 4) is 0 Å². The van der Waals surface area contributed by atoms with E-state index in [0.717, 1.165) is 29.7 Å². The first kappa shape index (κ1) is 45.7. The van der Waals surface area contributed by atoms with Gasteiger partial charge in [0, 0.05) is 40.4 Å². The Kier molecular flexibility index (Phi) is 18.4. The molecule has 2 heterocycles. The van der Waals surface area contributed by atoms with E-state index in [2.05, 4.69) is 45.9 Å². The number of hydrogen-bond acceptors (Lipinski definition) is 11. The minimum atomic E-state index is -4.74. The third-order valence-electron chi connectivity index (χ3n) is 7.63. The molecule has 55 heavy (non-hydrogen) atoms. The zero-order valence-corrected chi connectivity index (χ0v) is 31.9. The third-order valence-corrected chi connectivity index (χ3v) is 7.63. The van der Waals surface area contributed by atoms with Gasteiger partial charge in [-0.15, -0.1) is 0 Å². The van der Waals surface area contributed by atoms with Gasteiger partial charge in [-0.05, 0) is 57.6 Å². The summed E-state index contributed by atoms with van der Waals surface area (Å²) in [6, 6.07) is 19.4. The Morgan fingerprint density at radius 1 is 0.673 bits per heavy atom. The second-order valence-electron chi connectivity index (χ2n) is 12.3. The lowest BCUT2D eigenvalue weighted by atomic mass is 10.1. The molecule has 0 saturated carbocycles. The van der Waals surface area contributed by atoms with Crippen molar-refractivity contribution in [2.75, 3.05) is 34.9 Å². The first-order valence-corrected chi connectivity index (χ1v) is 17.6. The molecule has 3 N–H and O–H groups in total. The molecule has 0 aliphatic heterocycles. The van der Waals surface area contributed by atoms with Gasteiger partial charge < -0.3 is 20.7 Å². The Morgan fingerprint density at radius 3 is 1.45 bits per heavy atom. The molecule has 302 valence electrons. The summed E-state index contributed by atoms with van der Waals surface area (Å²) in [4.78, 5) is 44.1. The van der Waals surface area contributed by atoms with Gasteiger partial charge in [0.15, 0.2) is 0 Å². The topological polar surface area (TPSA) is 151 Å². The number of alkyl halides is 6. The number of amides is 1. The number of aromatic nitrogens is 6. The van der Waals surface area contributed by atoms with Gasteiger partial charge in [-0.2, -0.15) is 56.2 Å². The van der Waals surface area contributed by atoms with Gasteiger partial charge in [0.25, 0.3) is 0 Å². The lowest BCUT2D eigenvalue weighted by molar-refractivity contribution is -0.145. The van der Waals surface area contributed by atoms with Crippen LogP contribution in [0.4, 0.5) is 50.1 Å². The summed E-state index contributed by atoms with van der Waals surface area (Å²) in [5.41, 5.74) is 2.30. The van der Waals surface area contributed by atoms with Crippen molar-refractivity contribution < 1.29 is 37.4 Å². The number of benzene rings is 2. The fourth-order valence-corrected chi connectivity index (χ4v) is 4.37. The van der Waals surface area contributed by atoms with Crippen LogP contribution in [0.15, 0.2) is 60.7 Å². The summed E-state index contributed by atoms with van der Waals surface area (Å²) in [7, 11) is 2.79. The molecule has 1 amide bonds. The van der Waals surface area contributed by atoms with Crippen molar-refractivity contribution >= 4 is 35.5 Å². The van der Waals surface area contributed by atoms with Gasteiger partial charge in [0.2, 0.25) is 41.3 Å². The highest BCUT2D eigenvalue weighted by molar-refractivity contribution is 5.90. The standard InChI is InChI=1S/C18H22F3N5O.C15H18F3N5.C4H8O.H2/c1-4-14(27)26(3)17-24-15(18(19,20)21)23-16(25-17)22-12(2)10-11-13-8-6-5-7-9-13;1-10(8-9-11-6-4-3-5-7-11)20-14-22-12(15(16,17)18)21-13(19-2)23-14;1-3-4(2)5;/h5-9,12H,4,10-11H2,1-3H3,(H,22,23,24,25);3-7,10H,8-9H2,1-2H3,(H2,19,20,21,22,23);3H2,1-2H3;1H. The number of nitrogens with one attached hydrogen (secondary N) is 3. The molecule has 0 aliphatic carbocycles. The van der Waals surface area contributed by atoms with Crippen molar-refractivity contribution in [3.05, 3.63) is 83.4 Å². The Balaban J connectivity index is 0.000000496. The third kappa shape index (κ3) is 17.1. The SMILES string of the molecule is CCC(=O)N(C)c1nc(NC(C)CCc2ccccc2)nc(C(F)(F)F)n1.CCC(C)=O.CNc1nc(NC(C)CCc2ccccc2)nc(C(F)(F)F)n1.[HH]. The molecule has 2 atom stereocenters. The predicted molar refractivity (Wildman–Crippen MR) is 202 cm³/mol. The molecule has 0 aliphatic rings. The summed E-state index contributed by atoms with van der Waals surface area (Å²) in [5.74, 6) is -3.43. The van der Waals surface area contributed by atoms with E-state index in [1.165, 1.54) is 19.7 Å². The van der Waals surface area contributed by atoms with Crippen LogP contribution in [0.1, 0.15) is 84.5 Å². The fraction of sp³-hybridized carbons (Fsp3) is 0.459. The van der Waals surface area contributed by atoms with Crippen LogP contribution in [-0.2, 0) is 34.8 Å². The molecule has 0 fully saturated rings. The zero-order valence-electron chi connectivity index (χ0n) is 31.9. The van der Waals surface area contributed by atoms with E-state index in [1.807, 2.05) is 81.4 Å². The highest BCUT2D eigenvalue weighted by Crippen LogP contribution is 2.29. The van der Waals surface area contributed by atoms with Crippen molar-refractivity contribution in [2.45, 2.75) is 97.6 Å². The minimum absolute atomic E-state index is 0. The number of anilines is 4. The number of carbonyl (C=O) groups is 2. The number of hydrogen-bond donors (Lipinski definition) is 3. The molecule has 4 rings (SSSR count). The second-order valence-corrected chi connectivity index (χ2v) is 12.3. The number of Topliss-reactive ketones (excluding diaryl/α,β-unsaturated/α-hetero) is 1. The summed E-state index contributed by atoms with van der Waals surface area (Å²) < 4.78 is 77.7. The first-order chi connectivity index (χ1) is 25.9. The number of ketones is 1. The van der Waals surface area contributed by atoms with Crippen LogP contribution >= 0.6 is 0 Å². The highest BCUT2D eigenvalue weighted by atomic mass is 19.4. The van der Waals surface area contributed by atoms with Crippen molar-refractivity contribution in [1.29, 1.82) is 0 Å². The van der Waals surface area contributed by atoms with E-state index >= 15 is 0 Å². The quantitative estimate of drug-likeness (QED) is 0.106. The summed E-state index contributed by atoms with van der Waals surface area (Å²) in [6.07, 6.45) is -5.57. The Hall–Kier alpha value is -5.42. The normalized spacial score (nSPS) is 12.2. The van der Waals surface area contributed by atoms with Gasteiger partial charge >= 0.3 is 12.4 Å². The molecular formula is C37H50F6N10O2. The number of halogens is 6. The van der Waals surface area contributed by atoms with Crippen LogP contribution in [-0.4, -0.2) is 67.8 Å². The lowest BCUT2D eigenvalue weighted by Crippen LogP contribution is -2.29. The molecule has 0 radical (unpaired) electrons. The number of nitrogens with zero attached hydrogens (tertiary/aromatic N) is 7. The van der Waals surface area contributed by atoms with Crippen LogP contribution in [0.5, 0.6) is 0 Å². The Labute approximate surface area is 318 Å². The summed E-state index contributed by atoms with van der Waals surface area (Å²) >= 11 is 0. The van der Waals surface area contributed by atoms with E-state index < -0.39 is 29.9 Å². The maximum atomic E-state index is 13.1. The number of rotatable bonds is 14. The first-order valence-electron chi connectivity index (χ1n) is 17.6. The summed E-state index contributed by atoms with van der Waals surface area (Å²) in [6.45, 7) is 8.75. The monoisotopic (exact) mass is 780 g/mol. The molecule has 12 nitrogen and oxygen atoms in total. The van der Waals surface area contributed by atoms with Gasteiger partial charge in [0.1, 0.15) is 5.78 Å². The van der Waals surface area contributed by atoms with Crippen molar-refractivity contribution in [1.82, 2.24) is 29.9 Å². The maximum absolute atomic E-state index is 13.1. The molecular weight excluding hydrogens is 730 g/mol. The largest absolute Gasteiger partial charge is 0.451 e. The maximum Gasteiger partial charge on any atom is 0.451 e. The van der Waals surface area contributed by atoms with Crippen LogP contribution in [0.25, 0.3) is 0 Å². The van der Waals surface area contributed by atoms with Crippen LogP contribution in [0.2, 0.25) is 0 Å². The van der Waals surface area contributed by atoms with Crippen LogP contribution in [0, 0.1) is 0 Å². The van der Waals surface area contributed by atoms with Gasteiger partial charge in [0.05, 0.1) is 0 Å². The van der Waals surface area contributed by atoms with Gasteiger partial charge in [-0.3, -0.25) is 9.69 Å². The second kappa shape index (κ2) is 22.1. The van der Waals surface area contributed by atoms with Crippen molar-refractivity contribution in [3.63, 3.8) is 0 Å². The summed E-state index contributed by atoms with van der Waals surface area (Å²) in [5, 5.41) is 8.28. The number of aryl methyl sites for hydroxylation is 2. The van der Waals surface area contributed by atoms with Crippen molar-refractivity contribution in [2.24, 2.45) is 0 Å². The molecule has 0 spiro atoms. The van der Waals surface area contributed by atoms with E-state index in [1.54, 1.807) is 13.8 Å². The van der Waals surface area contributed by atoms with Gasteiger partial charge in [-0.25, -0.2) is 0 Å². The molecule has 0 bridgehead atoms. The Morgan fingerprint density at radius 2 is 1.07 bits per heavy atom. The van der Waals surface area contributed by atoms with E-state index in [0.29, 0.717) is 12.8 Å². The Bertz CT molecular complexity index is 1770.